The molecule has 110 valence electrons. The van der Waals surface area contributed by atoms with Crippen LogP contribution in [0.25, 0.3) is 0 Å². The van der Waals surface area contributed by atoms with Gasteiger partial charge >= 0.3 is 0 Å². The van der Waals surface area contributed by atoms with Crippen LogP contribution in [0.3, 0.4) is 0 Å². The molecule has 1 aromatic rings. The minimum absolute atomic E-state index is 0.327. The third kappa shape index (κ3) is 3.53. The van der Waals surface area contributed by atoms with Gasteiger partial charge in [-0.2, -0.15) is 0 Å². The van der Waals surface area contributed by atoms with E-state index < -0.39 is 0 Å². The second-order valence-electron chi connectivity index (χ2n) is 5.80. The van der Waals surface area contributed by atoms with Crippen molar-refractivity contribution in [1.82, 2.24) is 10.6 Å². The van der Waals surface area contributed by atoms with Crippen LogP contribution in [-0.2, 0) is 5.41 Å². The van der Waals surface area contributed by atoms with Crippen molar-refractivity contribution in [2.75, 3.05) is 20.1 Å². The number of rotatable bonds is 6. The Morgan fingerprint density at radius 2 is 2.00 bits per heavy atom. The van der Waals surface area contributed by atoms with Gasteiger partial charge in [0.2, 0.25) is 0 Å². The molecular formula is C17H27N3. The first-order valence-corrected chi connectivity index (χ1v) is 7.72. The van der Waals surface area contributed by atoms with Crippen LogP contribution in [0.5, 0.6) is 0 Å². The van der Waals surface area contributed by atoms with Crippen LogP contribution in [-0.4, -0.2) is 26.1 Å². The van der Waals surface area contributed by atoms with Gasteiger partial charge < -0.3 is 10.6 Å². The van der Waals surface area contributed by atoms with E-state index in [2.05, 4.69) is 53.7 Å². The van der Waals surface area contributed by atoms with Gasteiger partial charge in [-0.1, -0.05) is 37.6 Å². The second kappa shape index (κ2) is 6.78. The molecule has 2 N–H and O–H groups in total. The van der Waals surface area contributed by atoms with Gasteiger partial charge in [-0.3, -0.25) is 4.99 Å². The summed E-state index contributed by atoms with van der Waals surface area (Å²) in [6, 6.07) is 8.76. The molecule has 0 unspecified atom stereocenters. The molecule has 0 aromatic heterocycles. The van der Waals surface area contributed by atoms with E-state index in [0.717, 1.165) is 19.0 Å². The molecule has 20 heavy (non-hydrogen) atoms. The lowest BCUT2D eigenvalue weighted by molar-refractivity contribution is 0.637. The van der Waals surface area contributed by atoms with Crippen LogP contribution >= 0.6 is 0 Å². The zero-order valence-electron chi connectivity index (χ0n) is 13.0. The zero-order chi connectivity index (χ0) is 14.4. The summed E-state index contributed by atoms with van der Waals surface area (Å²) >= 11 is 0. The molecule has 2 rings (SSSR count). The normalized spacial score (nSPS) is 16.9. The second-order valence-corrected chi connectivity index (χ2v) is 5.80. The van der Waals surface area contributed by atoms with E-state index >= 15 is 0 Å². The molecule has 0 saturated heterocycles. The average molecular weight is 273 g/mol. The summed E-state index contributed by atoms with van der Waals surface area (Å²) < 4.78 is 0. The van der Waals surface area contributed by atoms with Crippen molar-refractivity contribution >= 4 is 5.96 Å². The summed E-state index contributed by atoms with van der Waals surface area (Å²) in [5.74, 6) is 0.929. The van der Waals surface area contributed by atoms with Crippen molar-refractivity contribution < 1.29 is 0 Å². The van der Waals surface area contributed by atoms with Gasteiger partial charge in [0, 0.05) is 25.6 Å². The van der Waals surface area contributed by atoms with Crippen LogP contribution < -0.4 is 10.6 Å². The van der Waals surface area contributed by atoms with Gasteiger partial charge in [0.15, 0.2) is 5.96 Å². The number of hydrogen-bond donors (Lipinski definition) is 2. The minimum Gasteiger partial charge on any atom is -0.356 e. The Kier molecular flexibility index (Phi) is 5.05. The van der Waals surface area contributed by atoms with E-state index in [1.807, 2.05) is 7.05 Å². The molecule has 1 aliphatic rings. The molecular weight excluding hydrogens is 246 g/mol. The molecule has 0 radical (unpaired) electrons. The lowest BCUT2D eigenvalue weighted by Gasteiger charge is -2.20. The van der Waals surface area contributed by atoms with Crippen LogP contribution in [0.1, 0.15) is 43.7 Å². The first kappa shape index (κ1) is 14.9. The molecule has 1 fully saturated rings. The maximum Gasteiger partial charge on any atom is 0.191 e. The molecule has 1 aromatic carbocycles. The highest BCUT2D eigenvalue weighted by Crippen LogP contribution is 2.48. The van der Waals surface area contributed by atoms with Crippen molar-refractivity contribution in [3.8, 4) is 0 Å². The summed E-state index contributed by atoms with van der Waals surface area (Å²) in [5, 5.41) is 6.87. The Balaban J connectivity index is 1.91. The maximum atomic E-state index is 4.30. The average Bonchev–Trinajstić information content (AvgIpc) is 3.24. The standard InChI is InChI=1S/C17H27N3/c1-4-5-12-19-16(18-3)20-13-17(10-11-17)15-9-7-6-8-14(15)2/h6-9H,4-5,10-13H2,1-3H3,(H2,18,19,20). The van der Waals surface area contributed by atoms with E-state index in [4.69, 9.17) is 0 Å². The van der Waals surface area contributed by atoms with Gasteiger partial charge in [-0.15, -0.1) is 0 Å². The van der Waals surface area contributed by atoms with Crippen LogP contribution in [0.2, 0.25) is 0 Å². The van der Waals surface area contributed by atoms with Crippen LogP contribution in [0.4, 0.5) is 0 Å². The predicted octanol–water partition coefficient (Wildman–Crippen LogP) is 2.99. The Hall–Kier alpha value is -1.51. The van der Waals surface area contributed by atoms with E-state index in [1.165, 1.54) is 36.8 Å². The SMILES string of the molecule is CCCCNC(=NC)NCC1(c2ccccc2C)CC1. The van der Waals surface area contributed by atoms with E-state index in [9.17, 15) is 0 Å². The van der Waals surface area contributed by atoms with Crippen molar-refractivity contribution in [2.45, 2.75) is 44.9 Å². The Morgan fingerprint density at radius 3 is 2.60 bits per heavy atom. The van der Waals surface area contributed by atoms with Crippen molar-refractivity contribution in [1.29, 1.82) is 0 Å². The van der Waals surface area contributed by atoms with Gasteiger partial charge in [0.05, 0.1) is 0 Å². The quantitative estimate of drug-likeness (QED) is 0.475. The molecule has 0 amide bonds. The smallest absolute Gasteiger partial charge is 0.191 e. The van der Waals surface area contributed by atoms with Crippen molar-refractivity contribution in [3.63, 3.8) is 0 Å². The van der Waals surface area contributed by atoms with E-state index in [-0.39, 0.29) is 0 Å². The fraction of sp³-hybridized carbons (Fsp3) is 0.588. The molecule has 0 heterocycles. The van der Waals surface area contributed by atoms with E-state index in [0.29, 0.717) is 5.41 Å². The molecule has 1 saturated carbocycles. The summed E-state index contributed by atoms with van der Waals surface area (Å²) in [7, 11) is 1.84. The van der Waals surface area contributed by atoms with Crippen LogP contribution in [0, 0.1) is 6.92 Å². The molecule has 3 nitrogen and oxygen atoms in total. The molecule has 3 heteroatoms. The molecule has 0 bridgehead atoms. The van der Waals surface area contributed by atoms with Gasteiger partial charge in [0.25, 0.3) is 0 Å². The fourth-order valence-electron chi connectivity index (χ4n) is 2.72. The van der Waals surface area contributed by atoms with E-state index in [1.54, 1.807) is 0 Å². The first-order chi connectivity index (χ1) is 9.72. The maximum absolute atomic E-state index is 4.30. The number of unbranched alkanes of at least 4 members (excludes halogenated alkanes) is 1. The monoisotopic (exact) mass is 273 g/mol. The highest BCUT2D eigenvalue weighted by Gasteiger charge is 2.44. The Morgan fingerprint density at radius 1 is 1.25 bits per heavy atom. The summed E-state index contributed by atoms with van der Waals surface area (Å²) in [6.07, 6.45) is 4.94. The van der Waals surface area contributed by atoms with Gasteiger partial charge in [0.1, 0.15) is 0 Å². The summed E-state index contributed by atoms with van der Waals surface area (Å²) in [5.41, 5.74) is 3.23. The summed E-state index contributed by atoms with van der Waals surface area (Å²) in [6.45, 7) is 6.39. The highest BCUT2D eigenvalue weighted by atomic mass is 15.2. The number of benzene rings is 1. The Labute approximate surface area is 122 Å². The lowest BCUT2D eigenvalue weighted by atomic mass is 9.92. The first-order valence-electron chi connectivity index (χ1n) is 7.72. The number of nitrogens with one attached hydrogen (secondary N) is 2. The third-order valence-corrected chi connectivity index (χ3v) is 4.21. The zero-order valence-corrected chi connectivity index (χ0v) is 13.0. The van der Waals surface area contributed by atoms with Gasteiger partial charge in [-0.05, 0) is 37.3 Å². The van der Waals surface area contributed by atoms with Crippen molar-refractivity contribution in [3.05, 3.63) is 35.4 Å². The lowest BCUT2D eigenvalue weighted by Crippen LogP contribution is -2.41. The molecule has 0 aliphatic heterocycles. The molecule has 1 aliphatic carbocycles. The summed E-state index contributed by atoms with van der Waals surface area (Å²) in [4.78, 5) is 4.30. The number of aryl methyl sites for hydroxylation is 1. The number of aliphatic imine (C=N–C) groups is 1. The minimum atomic E-state index is 0.327. The molecule has 0 spiro atoms. The predicted molar refractivity (Wildman–Crippen MR) is 86.4 cm³/mol. The highest BCUT2D eigenvalue weighted by molar-refractivity contribution is 5.79. The third-order valence-electron chi connectivity index (χ3n) is 4.21. The Bertz CT molecular complexity index is 461. The van der Waals surface area contributed by atoms with Crippen LogP contribution in [0.15, 0.2) is 29.3 Å². The largest absolute Gasteiger partial charge is 0.356 e. The number of hydrogen-bond acceptors (Lipinski definition) is 1. The fourth-order valence-corrected chi connectivity index (χ4v) is 2.72. The molecule has 0 atom stereocenters. The topological polar surface area (TPSA) is 36.4 Å². The van der Waals surface area contributed by atoms with Gasteiger partial charge in [-0.25, -0.2) is 0 Å². The van der Waals surface area contributed by atoms with Crippen molar-refractivity contribution in [2.24, 2.45) is 4.99 Å². The number of nitrogens with zero attached hydrogens (tertiary/aromatic N) is 1. The number of guanidine groups is 1.